The van der Waals surface area contributed by atoms with Crippen LogP contribution in [-0.2, 0) is 4.74 Å². The maximum Gasteiger partial charge on any atom is 0.229 e. The van der Waals surface area contributed by atoms with E-state index in [4.69, 9.17) is 27.9 Å². The zero-order chi connectivity index (χ0) is 16.8. The maximum absolute atomic E-state index is 6.17. The van der Waals surface area contributed by atoms with Crippen LogP contribution in [0.15, 0.2) is 30.5 Å². The van der Waals surface area contributed by atoms with Crippen LogP contribution in [0.5, 0.6) is 0 Å². The molecule has 1 saturated heterocycles. The lowest BCUT2D eigenvalue weighted by Gasteiger charge is -2.26. The average Bonchev–Trinajstić information content (AvgIpc) is 2.60. The van der Waals surface area contributed by atoms with Gasteiger partial charge in [0.1, 0.15) is 5.82 Å². The van der Waals surface area contributed by atoms with Gasteiger partial charge in [-0.2, -0.15) is 4.98 Å². The molecule has 1 aromatic heterocycles. The van der Waals surface area contributed by atoms with Crippen molar-refractivity contribution in [3.8, 4) is 0 Å². The Balaban J connectivity index is 1.56. The van der Waals surface area contributed by atoms with Crippen molar-refractivity contribution in [2.75, 3.05) is 50.0 Å². The Morgan fingerprint density at radius 2 is 2.00 bits per heavy atom. The number of hydrogen-bond acceptors (Lipinski definition) is 6. The molecule has 0 saturated carbocycles. The summed E-state index contributed by atoms with van der Waals surface area (Å²) in [5.74, 6) is 1.23. The summed E-state index contributed by atoms with van der Waals surface area (Å²) in [4.78, 5) is 11.0. The predicted octanol–water partition coefficient (Wildman–Crippen LogP) is 3.27. The van der Waals surface area contributed by atoms with Crippen molar-refractivity contribution in [2.24, 2.45) is 0 Å². The molecule has 1 fully saturated rings. The molecule has 0 amide bonds. The standard InChI is InChI=1S/C16H19Cl2N5O/c17-12-2-1-3-13(15(12)18)21-16-20-5-4-14(22-16)19-6-7-23-8-10-24-11-9-23/h1-5H,6-11H2,(H2,19,20,21,22). The van der Waals surface area contributed by atoms with Crippen molar-refractivity contribution in [2.45, 2.75) is 0 Å². The highest BCUT2D eigenvalue weighted by atomic mass is 35.5. The minimum atomic E-state index is 0.452. The van der Waals surface area contributed by atoms with Crippen LogP contribution < -0.4 is 10.6 Å². The fourth-order valence-electron chi connectivity index (χ4n) is 2.41. The van der Waals surface area contributed by atoms with Gasteiger partial charge in [0.2, 0.25) is 5.95 Å². The summed E-state index contributed by atoms with van der Waals surface area (Å²) >= 11 is 12.2. The number of halogens is 2. The molecule has 0 spiro atoms. The number of anilines is 3. The number of hydrogen-bond donors (Lipinski definition) is 2. The number of benzene rings is 1. The second-order valence-corrected chi connectivity index (χ2v) is 6.16. The van der Waals surface area contributed by atoms with E-state index >= 15 is 0 Å². The van der Waals surface area contributed by atoms with Crippen molar-refractivity contribution in [1.29, 1.82) is 0 Å². The zero-order valence-corrected chi connectivity index (χ0v) is 14.6. The third-order valence-electron chi connectivity index (χ3n) is 3.69. The SMILES string of the molecule is Clc1cccc(Nc2nccc(NCCN3CCOCC3)n2)c1Cl. The van der Waals surface area contributed by atoms with Gasteiger partial charge in [-0.05, 0) is 18.2 Å². The molecule has 24 heavy (non-hydrogen) atoms. The first-order chi connectivity index (χ1) is 11.7. The molecule has 0 atom stereocenters. The lowest BCUT2D eigenvalue weighted by atomic mass is 10.3. The number of nitrogens with one attached hydrogen (secondary N) is 2. The Labute approximate surface area is 151 Å². The topological polar surface area (TPSA) is 62.3 Å². The van der Waals surface area contributed by atoms with Crippen LogP contribution in [0.25, 0.3) is 0 Å². The largest absolute Gasteiger partial charge is 0.379 e. The predicted molar refractivity (Wildman–Crippen MR) is 97.5 cm³/mol. The van der Waals surface area contributed by atoms with Crippen LogP contribution in [0.2, 0.25) is 10.0 Å². The molecule has 0 aliphatic carbocycles. The molecule has 6 nitrogen and oxygen atoms in total. The molecule has 1 aromatic carbocycles. The Hall–Kier alpha value is -1.60. The van der Waals surface area contributed by atoms with E-state index in [-0.39, 0.29) is 0 Å². The molecule has 2 N–H and O–H groups in total. The zero-order valence-electron chi connectivity index (χ0n) is 13.1. The quantitative estimate of drug-likeness (QED) is 0.816. The normalized spacial score (nSPS) is 15.2. The number of nitrogens with zero attached hydrogens (tertiary/aromatic N) is 3. The summed E-state index contributed by atoms with van der Waals surface area (Å²) in [5.41, 5.74) is 0.676. The van der Waals surface area contributed by atoms with E-state index < -0.39 is 0 Å². The third-order valence-corrected chi connectivity index (χ3v) is 4.51. The Morgan fingerprint density at radius 1 is 1.17 bits per heavy atom. The fraction of sp³-hybridized carbons (Fsp3) is 0.375. The molecule has 0 bridgehead atoms. The molecule has 2 aromatic rings. The highest BCUT2D eigenvalue weighted by molar-refractivity contribution is 6.43. The maximum atomic E-state index is 6.17. The van der Waals surface area contributed by atoms with Crippen molar-refractivity contribution in [1.82, 2.24) is 14.9 Å². The van der Waals surface area contributed by atoms with E-state index in [1.54, 1.807) is 12.3 Å². The number of rotatable bonds is 6. The van der Waals surface area contributed by atoms with E-state index in [1.807, 2.05) is 18.2 Å². The lowest BCUT2D eigenvalue weighted by Crippen LogP contribution is -2.39. The van der Waals surface area contributed by atoms with E-state index in [9.17, 15) is 0 Å². The lowest BCUT2D eigenvalue weighted by molar-refractivity contribution is 0.0398. The van der Waals surface area contributed by atoms with Gasteiger partial charge in [-0.3, -0.25) is 4.90 Å². The molecule has 3 rings (SSSR count). The van der Waals surface area contributed by atoms with Gasteiger partial charge in [-0.15, -0.1) is 0 Å². The van der Waals surface area contributed by atoms with Crippen LogP contribution in [-0.4, -0.2) is 54.3 Å². The Kier molecular flexibility index (Phi) is 6.09. The van der Waals surface area contributed by atoms with E-state index in [1.165, 1.54) is 0 Å². The highest BCUT2D eigenvalue weighted by Gasteiger charge is 2.10. The monoisotopic (exact) mass is 367 g/mol. The van der Waals surface area contributed by atoms with Crippen LogP contribution in [0.1, 0.15) is 0 Å². The Bertz CT molecular complexity index is 679. The molecule has 0 radical (unpaired) electrons. The Morgan fingerprint density at radius 3 is 2.83 bits per heavy atom. The fourth-order valence-corrected chi connectivity index (χ4v) is 2.75. The molecule has 128 valence electrons. The van der Waals surface area contributed by atoms with Gasteiger partial charge in [0.25, 0.3) is 0 Å². The summed E-state index contributed by atoms with van der Waals surface area (Å²) in [5, 5.41) is 7.34. The summed E-state index contributed by atoms with van der Waals surface area (Å²) in [6.07, 6.45) is 1.70. The van der Waals surface area contributed by atoms with Crippen molar-refractivity contribution >= 4 is 40.7 Å². The molecular weight excluding hydrogens is 349 g/mol. The van der Waals surface area contributed by atoms with Gasteiger partial charge >= 0.3 is 0 Å². The molecule has 1 aliphatic rings. The second kappa shape index (κ2) is 8.48. The number of aromatic nitrogens is 2. The van der Waals surface area contributed by atoms with Gasteiger partial charge in [0.05, 0.1) is 28.9 Å². The summed E-state index contributed by atoms with van der Waals surface area (Å²) in [6, 6.07) is 7.22. The first-order valence-electron chi connectivity index (χ1n) is 7.80. The number of ether oxygens (including phenoxy) is 1. The van der Waals surface area contributed by atoms with Gasteiger partial charge in [0, 0.05) is 32.4 Å². The second-order valence-electron chi connectivity index (χ2n) is 5.37. The summed E-state index contributed by atoms with van der Waals surface area (Å²) in [6.45, 7) is 5.34. The van der Waals surface area contributed by atoms with Crippen molar-refractivity contribution in [3.05, 3.63) is 40.5 Å². The van der Waals surface area contributed by atoms with Gasteiger partial charge in [-0.25, -0.2) is 4.98 Å². The smallest absolute Gasteiger partial charge is 0.229 e. The van der Waals surface area contributed by atoms with E-state index in [0.29, 0.717) is 21.7 Å². The first kappa shape index (κ1) is 17.2. The van der Waals surface area contributed by atoms with Gasteiger partial charge in [-0.1, -0.05) is 29.3 Å². The van der Waals surface area contributed by atoms with Crippen LogP contribution in [0.4, 0.5) is 17.5 Å². The van der Waals surface area contributed by atoms with Crippen molar-refractivity contribution in [3.63, 3.8) is 0 Å². The highest BCUT2D eigenvalue weighted by Crippen LogP contribution is 2.30. The first-order valence-corrected chi connectivity index (χ1v) is 8.56. The third kappa shape index (κ3) is 4.70. The van der Waals surface area contributed by atoms with Crippen LogP contribution in [0, 0.1) is 0 Å². The number of morpholine rings is 1. The van der Waals surface area contributed by atoms with E-state index in [0.717, 1.165) is 45.2 Å². The molecule has 0 unspecified atom stereocenters. The molecule has 8 heteroatoms. The molecule has 2 heterocycles. The molecular formula is C16H19Cl2N5O. The average molecular weight is 368 g/mol. The van der Waals surface area contributed by atoms with Gasteiger partial charge in [0.15, 0.2) is 0 Å². The van der Waals surface area contributed by atoms with Gasteiger partial charge < -0.3 is 15.4 Å². The van der Waals surface area contributed by atoms with Crippen LogP contribution >= 0.6 is 23.2 Å². The van der Waals surface area contributed by atoms with Crippen molar-refractivity contribution < 1.29 is 4.74 Å². The molecule has 1 aliphatic heterocycles. The van der Waals surface area contributed by atoms with Crippen LogP contribution in [0.3, 0.4) is 0 Å². The van der Waals surface area contributed by atoms with E-state index in [2.05, 4.69) is 25.5 Å². The minimum Gasteiger partial charge on any atom is -0.379 e. The summed E-state index contributed by atoms with van der Waals surface area (Å²) in [7, 11) is 0. The minimum absolute atomic E-state index is 0.452. The summed E-state index contributed by atoms with van der Waals surface area (Å²) < 4.78 is 5.34.